The van der Waals surface area contributed by atoms with E-state index in [9.17, 15) is 14.7 Å². The van der Waals surface area contributed by atoms with Crippen molar-refractivity contribution in [2.45, 2.75) is 20.0 Å². The minimum absolute atomic E-state index is 0.193. The first kappa shape index (κ1) is 19.7. The van der Waals surface area contributed by atoms with E-state index in [4.69, 9.17) is 28.5 Å². The molecule has 2 heterocycles. The minimum Gasteiger partial charge on any atom is -0.477 e. The molecule has 0 bridgehead atoms. The molecule has 0 fully saturated rings. The number of carbonyl (C=O) groups is 1. The Balaban J connectivity index is 2.27. The molecule has 0 aliphatic heterocycles. The van der Waals surface area contributed by atoms with Gasteiger partial charge in [0, 0.05) is 30.1 Å². The van der Waals surface area contributed by atoms with Gasteiger partial charge in [0.1, 0.15) is 11.6 Å². The highest BCUT2D eigenvalue weighted by Gasteiger charge is 2.22. The quantitative estimate of drug-likeness (QED) is 0.683. The van der Waals surface area contributed by atoms with Gasteiger partial charge in [0.15, 0.2) is 11.1 Å². The second kappa shape index (κ2) is 7.89. The lowest BCUT2D eigenvalue weighted by Crippen LogP contribution is -2.24. The maximum atomic E-state index is 12.6. The van der Waals surface area contributed by atoms with Crippen molar-refractivity contribution in [2.75, 3.05) is 0 Å². The molecule has 0 saturated heterocycles. The van der Waals surface area contributed by atoms with E-state index in [1.807, 2.05) is 13.0 Å². The average Bonchev–Trinajstić information content (AvgIpc) is 3.10. The molecule has 1 aromatic carbocycles. The zero-order valence-electron chi connectivity index (χ0n) is 14.7. The van der Waals surface area contributed by atoms with Crippen LogP contribution in [0, 0.1) is 11.3 Å². The maximum Gasteiger partial charge on any atom is 0.341 e. The highest BCUT2D eigenvalue weighted by Crippen LogP contribution is 2.30. The lowest BCUT2D eigenvalue weighted by Gasteiger charge is -2.20. The highest BCUT2D eigenvalue weighted by atomic mass is 35.5. The van der Waals surface area contributed by atoms with Crippen LogP contribution in [0.3, 0.4) is 0 Å². The molecule has 142 valence electrons. The third-order valence-corrected chi connectivity index (χ3v) is 4.94. The van der Waals surface area contributed by atoms with Crippen LogP contribution in [-0.2, 0) is 13.1 Å². The molecule has 0 atom stereocenters. The molecule has 9 heteroatoms. The van der Waals surface area contributed by atoms with Crippen LogP contribution >= 0.6 is 23.2 Å². The number of benzene rings is 1. The smallest absolute Gasteiger partial charge is 0.341 e. The first-order valence-corrected chi connectivity index (χ1v) is 9.00. The van der Waals surface area contributed by atoms with E-state index in [-0.39, 0.29) is 28.5 Å². The Morgan fingerprint density at radius 1 is 1.25 bits per heavy atom. The summed E-state index contributed by atoms with van der Waals surface area (Å²) in [5.74, 6) is -1.33. The van der Waals surface area contributed by atoms with E-state index >= 15 is 0 Å². The van der Waals surface area contributed by atoms with E-state index in [2.05, 4.69) is 5.10 Å². The third-order valence-electron chi connectivity index (χ3n) is 4.20. The summed E-state index contributed by atoms with van der Waals surface area (Å²) in [7, 11) is 0. The number of hydrogen-bond donors (Lipinski definition) is 1. The SMILES string of the molecule is CCn1c(Cn2ccc(C#N)n2)cc(=O)c(C(=O)O)c1-c1ccc(Cl)c(Cl)c1. The summed E-state index contributed by atoms with van der Waals surface area (Å²) in [6.07, 6.45) is 1.62. The van der Waals surface area contributed by atoms with Crippen LogP contribution < -0.4 is 5.43 Å². The summed E-state index contributed by atoms with van der Waals surface area (Å²) in [5, 5.41) is 23.2. The van der Waals surface area contributed by atoms with Gasteiger partial charge in [0.05, 0.1) is 22.3 Å². The molecule has 0 aliphatic carbocycles. The summed E-state index contributed by atoms with van der Waals surface area (Å²) in [6.45, 7) is 2.43. The fraction of sp³-hybridized carbons (Fsp3) is 0.158. The molecule has 0 spiro atoms. The fourth-order valence-electron chi connectivity index (χ4n) is 3.01. The van der Waals surface area contributed by atoms with Gasteiger partial charge >= 0.3 is 5.97 Å². The van der Waals surface area contributed by atoms with Gasteiger partial charge < -0.3 is 9.67 Å². The van der Waals surface area contributed by atoms with E-state index in [0.717, 1.165) is 0 Å². The minimum atomic E-state index is -1.33. The van der Waals surface area contributed by atoms with Gasteiger partial charge in [-0.05, 0) is 25.1 Å². The van der Waals surface area contributed by atoms with Gasteiger partial charge in [-0.1, -0.05) is 29.3 Å². The molecule has 7 nitrogen and oxygen atoms in total. The number of carboxylic acids is 1. The van der Waals surface area contributed by atoms with E-state index in [0.29, 0.717) is 22.8 Å². The van der Waals surface area contributed by atoms with E-state index < -0.39 is 11.4 Å². The Labute approximate surface area is 170 Å². The summed E-state index contributed by atoms with van der Waals surface area (Å²) in [6, 6.07) is 9.47. The van der Waals surface area contributed by atoms with Crippen LogP contribution in [-0.4, -0.2) is 25.4 Å². The summed E-state index contributed by atoms with van der Waals surface area (Å²) < 4.78 is 3.23. The first-order chi connectivity index (χ1) is 13.3. The van der Waals surface area contributed by atoms with Crippen molar-refractivity contribution in [3.05, 3.63) is 73.7 Å². The molecule has 1 N–H and O–H groups in total. The van der Waals surface area contributed by atoms with Crippen LogP contribution in [0.4, 0.5) is 0 Å². The Kier molecular flexibility index (Phi) is 5.54. The van der Waals surface area contributed by atoms with E-state index in [1.54, 1.807) is 29.0 Å². The van der Waals surface area contributed by atoms with Crippen molar-refractivity contribution in [3.63, 3.8) is 0 Å². The molecule has 2 aromatic heterocycles. The standard InChI is InChI=1S/C19H14Cl2N4O3/c1-2-25-13(10-24-6-5-12(9-22)23-24)8-16(26)17(19(27)28)18(25)11-3-4-14(20)15(21)7-11/h3-8H,2,10H2,1H3,(H,27,28). The van der Waals surface area contributed by atoms with Crippen LogP contribution in [0.1, 0.15) is 28.7 Å². The molecule has 0 aliphatic rings. The van der Waals surface area contributed by atoms with Gasteiger partial charge in [0.2, 0.25) is 0 Å². The number of nitriles is 1. The molecule has 3 aromatic rings. The Morgan fingerprint density at radius 2 is 2.00 bits per heavy atom. The molecular formula is C19H14Cl2N4O3. The van der Waals surface area contributed by atoms with Crippen molar-refractivity contribution < 1.29 is 9.90 Å². The number of rotatable bonds is 5. The predicted octanol–water partition coefficient (Wildman–Crippen LogP) is 3.66. The highest BCUT2D eigenvalue weighted by molar-refractivity contribution is 6.42. The number of hydrogen-bond acceptors (Lipinski definition) is 4. The van der Waals surface area contributed by atoms with Crippen molar-refractivity contribution in [1.29, 1.82) is 5.26 Å². The topological polar surface area (TPSA) is 101 Å². The lowest BCUT2D eigenvalue weighted by molar-refractivity contribution is 0.0695. The Morgan fingerprint density at radius 3 is 2.57 bits per heavy atom. The Bertz CT molecular complexity index is 1170. The molecule has 28 heavy (non-hydrogen) atoms. The van der Waals surface area contributed by atoms with Crippen molar-refractivity contribution in [2.24, 2.45) is 0 Å². The molecule has 0 saturated carbocycles. The van der Waals surface area contributed by atoms with Gasteiger partial charge in [-0.15, -0.1) is 0 Å². The Hall–Kier alpha value is -3.08. The van der Waals surface area contributed by atoms with Gasteiger partial charge in [-0.3, -0.25) is 9.48 Å². The molecule has 3 rings (SSSR count). The van der Waals surface area contributed by atoms with Crippen molar-refractivity contribution in [1.82, 2.24) is 14.3 Å². The van der Waals surface area contributed by atoms with E-state index in [1.165, 1.54) is 16.8 Å². The second-order valence-corrected chi connectivity index (χ2v) is 6.73. The van der Waals surface area contributed by atoms with Gasteiger partial charge in [-0.2, -0.15) is 10.4 Å². The summed E-state index contributed by atoms with van der Waals surface area (Å²) in [5.41, 5.74) is 0.529. The maximum absolute atomic E-state index is 12.6. The van der Waals surface area contributed by atoms with Crippen LogP contribution in [0.5, 0.6) is 0 Å². The number of aromatic nitrogens is 3. The largest absolute Gasteiger partial charge is 0.477 e. The normalized spacial score (nSPS) is 10.6. The summed E-state index contributed by atoms with van der Waals surface area (Å²) in [4.78, 5) is 24.4. The lowest BCUT2D eigenvalue weighted by atomic mass is 10.0. The zero-order chi connectivity index (χ0) is 20.4. The number of pyridine rings is 1. The first-order valence-electron chi connectivity index (χ1n) is 8.24. The average molecular weight is 417 g/mol. The fourth-order valence-corrected chi connectivity index (χ4v) is 3.31. The number of aromatic carboxylic acids is 1. The monoisotopic (exact) mass is 416 g/mol. The van der Waals surface area contributed by atoms with Crippen LogP contribution in [0.25, 0.3) is 11.3 Å². The van der Waals surface area contributed by atoms with Crippen molar-refractivity contribution in [3.8, 4) is 17.3 Å². The predicted molar refractivity (Wildman–Crippen MR) is 105 cm³/mol. The molecule has 0 amide bonds. The second-order valence-electron chi connectivity index (χ2n) is 5.91. The zero-order valence-corrected chi connectivity index (χ0v) is 16.2. The van der Waals surface area contributed by atoms with Gasteiger partial charge in [0.25, 0.3) is 0 Å². The van der Waals surface area contributed by atoms with Crippen molar-refractivity contribution >= 4 is 29.2 Å². The molecule has 0 unspecified atom stereocenters. The van der Waals surface area contributed by atoms with Crippen LogP contribution in [0.2, 0.25) is 10.0 Å². The summed E-state index contributed by atoms with van der Waals surface area (Å²) >= 11 is 12.1. The molecular weight excluding hydrogens is 403 g/mol. The number of nitrogens with zero attached hydrogens (tertiary/aromatic N) is 4. The third kappa shape index (κ3) is 3.65. The number of carboxylic acid groups (broad SMARTS) is 1. The van der Waals surface area contributed by atoms with Gasteiger partial charge in [-0.25, -0.2) is 4.79 Å². The van der Waals surface area contributed by atoms with Crippen LogP contribution in [0.15, 0.2) is 41.3 Å². The number of halogens is 2. The molecule has 0 radical (unpaired) electrons.